The molecular formula is C20H25N2O8S-. The number of hydrogen-bond acceptors (Lipinski definition) is 8. The molecule has 0 spiro atoms. The molecular weight excluding hydrogens is 428 g/mol. The van der Waals surface area contributed by atoms with E-state index < -0.39 is 39.9 Å². The van der Waals surface area contributed by atoms with Gasteiger partial charge in [0.05, 0.1) is 15.9 Å². The van der Waals surface area contributed by atoms with E-state index in [-0.39, 0.29) is 12.0 Å². The lowest BCUT2D eigenvalue weighted by Gasteiger charge is -2.23. The molecule has 0 saturated heterocycles. The Labute approximate surface area is 179 Å². The predicted octanol–water partition coefficient (Wildman–Crippen LogP) is 1.54. The quantitative estimate of drug-likeness (QED) is 0.276. The van der Waals surface area contributed by atoms with Crippen molar-refractivity contribution in [2.24, 2.45) is 0 Å². The summed E-state index contributed by atoms with van der Waals surface area (Å²) in [5.41, 5.74) is -0.0297. The minimum atomic E-state index is -4.47. The van der Waals surface area contributed by atoms with Crippen LogP contribution in [0.2, 0.25) is 0 Å². The molecule has 1 amide bonds. The number of nitrogens with one attached hydrogen (secondary N) is 1. The second-order valence-electron chi connectivity index (χ2n) is 6.97. The Morgan fingerprint density at radius 1 is 1.19 bits per heavy atom. The van der Waals surface area contributed by atoms with Crippen LogP contribution in [-0.2, 0) is 14.9 Å². The molecule has 170 valence electrons. The number of anilines is 1. The van der Waals surface area contributed by atoms with Crippen molar-refractivity contribution in [3.05, 3.63) is 40.2 Å². The summed E-state index contributed by atoms with van der Waals surface area (Å²) in [4.78, 5) is 37.0. The fourth-order valence-electron chi connectivity index (χ4n) is 3.07. The second-order valence-corrected chi connectivity index (χ2v) is 8.50. The molecule has 1 aromatic carbocycles. The molecule has 0 aliphatic rings. The lowest BCUT2D eigenvalue weighted by Crippen LogP contribution is -2.32. The Morgan fingerprint density at radius 3 is 2.58 bits per heavy atom. The molecule has 0 aliphatic heterocycles. The molecule has 0 radical (unpaired) electrons. The smallest absolute Gasteiger partial charge is 0.349 e. The van der Waals surface area contributed by atoms with Gasteiger partial charge in [-0.3, -0.25) is 9.59 Å². The number of carboxylic acid groups (broad SMARTS) is 1. The zero-order valence-electron chi connectivity index (χ0n) is 17.1. The van der Waals surface area contributed by atoms with Crippen molar-refractivity contribution in [2.45, 2.75) is 32.6 Å². The van der Waals surface area contributed by atoms with E-state index in [1.165, 1.54) is 6.07 Å². The first-order valence-corrected chi connectivity index (χ1v) is 11.4. The number of amides is 1. The minimum Gasteiger partial charge on any atom is -0.748 e. The summed E-state index contributed by atoms with van der Waals surface area (Å²) >= 11 is 0. The monoisotopic (exact) mass is 453 g/mol. The average Bonchev–Trinajstić information content (AvgIpc) is 2.68. The van der Waals surface area contributed by atoms with Gasteiger partial charge in [-0.05, 0) is 38.0 Å². The van der Waals surface area contributed by atoms with Gasteiger partial charge in [0.15, 0.2) is 0 Å². The SMILES string of the molecule is CCN(CCCCCC(=O)O)c1ccc2cc(C(=O)NCCS(=O)(=O)[O-])c(=O)oc2c1. The number of carboxylic acids is 1. The number of carbonyl (C=O) groups is 2. The predicted molar refractivity (Wildman–Crippen MR) is 113 cm³/mol. The molecule has 0 atom stereocenters. The summed E-state index contributed by atoms with van der Waals surface area (Å²) in [6.45, 7) is 3.00. The molecule has 0 unspecified atom stereocenters. The fourth-order valence-corrected chi connectivity index (χ4v) is 3.42. The molecule has 10 nitrogen and oxygen atoms in total. The van der Waals surface area contributed by atoms with Crippen LogP contribution in [0.25, 0.3) is 11.0 Å². The van der Waals surface area contributed by atoms with E-state index in [0.29, 0.717) is 23.9 Å². The summed E-state index contributed by atoms with van der Waals surface area (Å²) in [6.07, 6.45) is 2.37. The van der Waals surface area contributed by atoms with Gasteiger partial charge in [0.2, 0.25) is 0 Å². The topological polar surface area (TPSA) is 157 Å². The third-order valence-corrected chi connectivity index (χ3v) is 5.37. The Bertz CT molecular complexity index is 1090. The summed E-state index contributed by atoms with van der Waals surface area (Å²) in [5.74, 6) is -2.40. The van der Waals surface area contributed by atoms with Crippen LogP contribution in [0.5, 0.6) is 0 Å². The van der Waals surface area contributed by atoms with Gasteiger partial charge >= 0.3 is 11.6 Å². The normalized spacial score (nSPS) is 11.4. The van der Waals surface area contributed by atoms with Gasteiger partial charge < -0.3 is 24.3 Å². The molecule has 31 heavy (non-hydrogen) atoms. The van der Waals surface area contributed by atoms with Crippen molar-refractivity contribution in [1.82, 2.24) is 5.32 Å². The maximum atomic E-state index is 12.2. The van der Waals surface area contributed by atoms with Crippen LogP contribution in [-0.4, -0.2) is 55.3 Å². The highest BCUT2D eigenvalue weighted by Crippen LogP contribution is 2.22. The van der Waals surface area contributed by atoms with E-state index in [4.69, 9.17) is 9.52 Å². The Balaban J connectivity index is 2.10. The summed E-state index contributed by atoms with van der Waals surface area (Å²) in [5, 5.41) is 11.4. The first-order chi connectivity index (χ1) is 14.6. The van der Waals surface area contributed by atoms with Crippen LogP contribution < -0.4 is 15.8 Å². The van der Waals surface area contributed by atoms with E-state index in [0.717, 1.165) is 25.1 Å². The third-order valence-electron chi connectivity index (χ3n) is 4.67. The maximum absolute atomic E-state index is 12.2. The van der Waals surface area contributed by atoms with Crippen LogP contribution in [0.1, 0.15) is 43.0 Å². The molecule has 0 saturated carbocycles. The summed E-state index contributed by atoms with van der Waals surface area (Å²) in [7, 11) is -4.47. The van der Waals surface area contributed by atoms with E-state index in [1.54, 1.807) is 12.1 Å². The number of fused-ring (bicyclic) bond motifs is 1. The van der Waals surface area contributed by atoms with Gasteiger partial charge in [-0.1, -0.05) is 6.42 Å². The zero-order valence-corrected chi connectivity index (χ0v) is 17.9. The standard InChI is InChI=1S/C20H26N2O8S/c1-2-22(10-5-3-4-6-18(23)24)15-8-7-14-12-16(20(26)30-17(14)13-15)19(25)21-9-11-31(27,28)29/h7-8,12-13H,2-6,9-11H2,1H3,(H,21,25)(H,23,24)(H,27,28,29)/p-1. The average molecular weight is 453 g/mol. The molecule has 2 rings (SSSR count). The summed E-state index contributed by atoms with van der Waals surface area (Å²) in [6, 6.07) is 6.59. The van der Waals surface area contributed by atoms with Gasteiger partial charge in [-0.2, -0.15) is 0 Å². The Kier molecular flexibility index (Phi) is 8.57. The largest absolute Gasteiger partial charge is 0.748 e. The molecule has 11 heteroatoms. The van der Waals surface area contributed by atoms with Crippen molar-refractivity contribution in [1.29, 1.82) is 0 Å². The fraction of sp³-hybridized carbons (Fsp3) is 0.450. The number of benzene rings is 1. The molecule has 1 aromatic heterocycles. The first-order valence-electron chi connectivity index (χ1n) is 9.87. The van der Waals surface area contributed by atoms with Gasteiger partial charge in [0.1, 0.15) is 11.1 Å². The maximum Gasteiger partial charge on any atom is 0.349 e. The van der Waals surface area contributed by atoms with Gasteiger partial charge in [-0.25, -0.2) is 13.2 Å². The van der Waals surface area contributed by atoms with Gasteiger partial charge in [0, 0.05) is 43.2 Å². The zero-order chi connectivity index (χ0) is 23.0. The lowest BCUT2D eigenvalue weighted by atomic mass is 10.1. The van der Waals surface area contributed by atoms with Crippen LogP contribution in [0, 0.1) is 0 Å². The van der Waals surface area contributed by atoms with Crippen molar-refractivity contribution in [3.8, 4) is 0 Å². The van der Waals surface area contributed by atoms with Crippen molar-refractivity contribution in [2.75, 3.05) is 30.3 Å². The van der Waals surface area contributed by atoms with Crippen LogP contribution in [0.3, 0.4) is 0 Å². The third kappa shape index (κ3) is 7.68. The number of rotatable bonds is 12. The van der Waals surface area contributed by atoms with Crippen molar-refractivity contribution >= 4 is 38.7 Å². The highest BCUT2D eigenvalue weighted by Gasteiger charge is 2.15. The highest BCUT2D eigenvalue weighted by atomic mass is 32.2. The van der Waals surface area contributed by atoms with Gasteiger partial charge in [-0.15, -0.1) is 0 Å². The first kappa shape index (κ1) is 24.4. The number of unbranched alkanes of at least 4 members (excludes halogenated alkanes) is 2. The number of aliphatic carboxylic acids is 1. The minimum absolute atomic E-state index is 0.149. The van der Waals surface area contributed by atoms with Gasteiger partial charge in [0.25, 0.3) is 5.91 Å². The van der Waals surface area contributed by atoms with E-state index >= 15 is 0 Å². The number of hydrogen-bond donors (Lipinski definition) is 2. The Hall–Kier alpha value is -2.92. The molecule has 1 heterocycles. The van der Waals surface area contributed by atoms with Crippen LogP contribution in [0.15, 0.2) is 33.5 Å². The number of nitrogens with zero attached hydrogens (tertiary/aromatic N) is 1. The second kappa shape index (κ2) is 10.9. The van der Waals surface area contributed by atoms with E-state index in [2.05, 4.69) is 10.2 Å². The highest BCUT2D eigenvalue weighted by molar-refractivity contribution is 7.85. The van der Waals surface area contributed by atoms with Crippen LogP contribution in [0.4, 0.5) is 5.69 Å². The van der Waals surface area contributed by atoms with Crippen LogP contribution >= 0.6 is 0 Å². The molecule has 0 fully saturated rings. The molecule has 0 bridgehead atoms. The molecule has 2 N–H and O–H groups in total. The molecule has 2 aromatic rings. The number of carbonyl (C=O) groups excluding carboxylic acids is 1. The van der Waals surface area contributed by atoms with Crippen molar-refractivity contribution in [3.63, 3.8) is 0 Å². The van der Waals surface area contributed by atoms with E-state index in [1.807, 2.05) is 13.0 Å². The van der Waals surface area contributed by atoms with E-state index in [9.17, 15) is 27.4 Å². The Morgan fingerprint density at radius 2 is 1.94 bits per heavy atom. The lowest BCUT2D eigenvalue weighted by molar-refractivity contribution is -0.137. The summed E-state index contributed by atoms with van der Waals surface area (Å²) < 4.78 is 37.1. The van der Waals surface area contributed by atoms with Crippen molar-refractivity contribution < 1.29 is 32.1 Å². The molecule has 0 aliphatic carbocycles.